The second-order valence-electron chi connectivity index (χ2n) is 4.74. The first-order valence-corrected chi connectivity index (χ1v) is 7.21. The van der Waals surface area contributed by atoms with E-state index in [9.17, 15) is 0 Å². The molecule has 0 spiro atoms. The number of thiophene rings is 1. The predicted octanol–water partition coefficient (Wildman–Crippen LogP) is 1.75. The van der Waals surface area contributed by atoms with Crippen molar-refractivity contribution in [2.24, 2.45) is 0 Å². The Morgan fingerprint density at radius 1 is 1.32 bits per heavy atom. The Morgan fingerprint density at radius 3 is 2.84 bits per heavy atom. The van der Waals surface area contributed by atoms with E-state index in [2.05, 4.69) is 38.7 Å². The first-order chi connectivity index (χ1) is 9.28. The maximum absolute atomic E-state index is 5.36. The Morgan fingerprint density at radius 2 is 2.11 bits per heavy atom. The number of aromatic nitrogens is 2. The first kappa shape index (κ1) is 12.4. The van der Waals surface area contributed by atoms with Gasteiger partial charge in [-0.2, -0.15) is 0 Å². The molecule has 0 N–H and O–H groups in total. The number of piperazine rings is 1. The molecule has 19 heavy (non-hydrogen) atoms. The average molecular weight is 272 g/mol. The average Bonchev–Trinajstić information content (AvgIpc) is 2.80. The highest BCUT2D eigenvalue weighted by Crippen LogP contribution is 2.30. The largest absolute Gasteiger partial charge is 0.353 e. The molecule has 1 fully saturated rings. The van der Waals surface area contributed by atoms with Crippen LogP contribution in [0.5, 0.6) is 0 Å². The summed E-state index contributed by atoms with van der Waals surface area (Å²) in [6.07, 6.45) is 7.03. The van der Waals surface area contributed by atoms with Gasteiger partial charge in [-0.1, -0.05) is 5.92 Å². The lowest BCUT2D eigenvalue weighted by Gasteiger charge is -2.34. The number of anilines is 1. The highest BCUT2D eigenvalue weighted by atomic mass is 32.1. The van der Waals surface area contributed by atoms with Crippen LogP contribution >= 0.6 is 11.3 Å². The molecule has 0 saturated carbocycles. The maximum Gasteiger partial charge on any atom is 0.140 e. The van der Waals surface area contributed by atoms with Crippen molar-refractivity contribution >= 4 is 27.4 Å². The smallest absolute Gasteiger partial charge is 0.140 e. The molecule has 2 aromatic rings. The molecule has 3 heterocycles. The van der Waals surface area contributed by atoms with E-state index >= 15 is 0 Å². The SMILES string of the molecule is C#CCN1CCN(c2ncnc3sc(C)cc23)CC1. The molecule has 0 amide bonds. The summed E-state index contributed by atoms with van der Waals surface area (Å²) in [6, 6.07) is 2.18. The van der Waals surface area contributed by atoms with Gasteiger partial charge in [0.25, 0.3) is 0 Å². The number of terminal acetylenes is 1. The first-order valence-electron chi connectivity index (χ1n) is 6.40. The summed E-state index contributed by atoms with van der Waals surface area (Å²) in [6.45, 7) is 6.80. The number of aryl methyl sites for hydroxylation is 1. The zero-order valence-electron chi connectivity index (χ0n) is 11.0. The van der Waals surface area contributed by atoms with Crippen molar-refractivity contribution in [2.75, 3.05) is 37.6 Å². The summed E-state index contributed by atoms with van der Waals surface area (Å²) in [5, 5.41) is 1.18. The van der Waals surface area contributed by atoms with Crippen LogP contribution < -0.4 is 4.90 Å². The van der Waals surface area contributed by atoms with E-state index in [1.54, 1.807) is 17.7 Å². The summed E-state index contributed by atoms with van der Waals surface area (Å²) >= 11 is 1.72. The van der Waals surface area contributed by atoms with E-state index < -0.39 is 0 Å². The zero-order chi connectivity index (χ0) is 13.2. The molecule has 5 heteroatoms. The highest BCUT2D eigenvalue weighted by molar-refractivity contribution is 7.18. The molecule has 98 valence electrons. The molecule has 1 saturated heterocycles. The van der Waals surface area contributed by atoms with Crippen LogP contribution in [-0.4, -0.2) is 47.6 Å². The van der Waals surface area contributed by atoms with Gasteiger partial charge in [0.05, 0.1) is 11.9 Å². The second-order valence-corrected chi connectivity index (χ2v) is 5.98. The van der Waals surface area contributed by atoms with Crippen molar-refractivity contribution < 1.29 is 0 Å². The van der Waals surface area contributed by atoms with Crippen molar-refractivity contribution in [3.63, 3.8) is 0 Å². The van der Waals surface area contributed by atoms with Gasteiger partial charge >= 0.3 is 0 Å². The van der Waals surface area contributed by atoms with Gasteiger partial charge in [0.15, 0.2) is 0 Å². The summed E-state index contributed by atoms with van der Waals surface area (Å²) in [5.74, 6) is 3.77. The Hall–Kier alpha value is -1.64. The van der Waals surface area contributed by atoms with Crippen molar-refractivity contribution in [1.29, 1.82) is 0 Å². The van der Waals surface area contributed by atoms with Gasteiger partial charge in [-0.15, -0.1) is 17.8 Å². The van der Waals surface area contributed by atoms with Crippen molar-refractivity contribution in [2.45, 2.75) is 6.92 Å². The van der Waals surface area contributed by atoms with Crippen LogP contribution in [0, 0.1) is 19.3 Å². The molecule has 0 unspecified atom stereocenters. The lowest BCUT2D eigenvalue weighted by atomic mass is 10.2. The van der Waals surface area contributed by atoms with Gasteiger partial charge < -0.3 is 4.90 Å². The van der Waals surface area contributed by atoms with Crippen molar-refractivity contribution in [3.05, 3.63) is 17.3 Å². The van der Waals surface area contributed by atoms with Crippen LogP contribution in [0.2, 0.25) is 0 Å². The molecule has 0 bridgehead atoms. The Kier molecular flexibility index (Phi) is 3.36. The maximum atomic E-state index is 5.36. The van der Waals surface area contributed by atoms with E-state index in [0.717, 1.165) is 43.4 Å². The van der Waals surface area contributed by atoms with Gasteiger partial charge in [-0.25, -0.2) is 9.97 Å². The lowest BCUT2D eigenvalue weighted by molar-refractivity contribution is 0.287. The molecule has 4 nitrogen and oxygen atoms in total. The molecule has 1 aliphatic rings. The molecule has 0 radical (unpaired) electrons. The van der Waals surface area contributed by atoms with Crippen LogP contribution in [0.15, 0.2) is 12.4 Å². The monoisotopic (exact) mass is 272 g/mol. The summed E-state index contributed by atoms with van der Waals surface area (Å²) in [5.41, 5.74) is 0. The van der Waals surface area contributed by atoms with Gasteiger partial charge in [0, 0.05) is 31.1 Å². The second kappa shape index (κ2) is 5.16. The Labute approximate surface area is 117 Å². The van der Waals surface area contributed by atoms with Gasteiger partial charge in [0.2, 0.25) is 0 Å². The van der Waals surface area contributed by atoms with Crippen LogP contribution in [0.4, 0.5) is 5.82 Å². The number of nitrogens with zero attached hydrogens (tertiary/aromatic N) is 4. The Balaban J connectivity index is 1.84. The normalized spacial score (nSPS) is 16.7. The fourth-order valence-electron chi connectivity index (χ4n) is 2.46. The molecule has 0 aromatic carbocycles. The van der Waals surface area contributed by atoms with E-state index in [1.807, 2.05) is 0 Å². The van der Waals surface area contributed by atoms with E-state index in [1.165, 1.54) is 10.3 Å². The van der Waals surface area contributed by atoms with E-state index in [-0.39, 0.29) is 0 Å². The topological polar surface area (TPSA) is 32.3 Å². The minimum absolute atomic E-state index is 0.741. The molecule has 3 rings (SSSR count). The van der Waals surface area contributed by atoms with Gasteiger partial charge in [-0.3, -0.25) is 4.90 Å². The molecule has 0 aliphatic carbocycles. The minimum atomic E-state index is 0.741. The minimum Gasteiger partial charge on any atom is -0.353 e. The summed E-state index contributed by atoms with van der Waals surface area (Å²) in [4.78, 5) is 15.8. The third kappa shape index (κ3) is 2.42. The van der Waals surface area contributed by atoms with Crippen molar-refractivity contribution in [3.8, 4) is 12.3 Å². The predicted molar refractivity (Wildman–Crippen MR) is 79.6 cm³/mol. The number of hydrogen-bond acceptors (Lipinski definition) is 5. The van der Waals surface area contributed by atoms with E-state index in [0.29, 0.717) is 0 Å². The molecule has 1 aliphatic heterocycles. The standard InChI is InChI=1S/C14H16N4S/c1-3-4-17-5-7-18(8-6-17)13-12-9-11(2)19-14(12)16-10-15-13/h1,9-10H,4-8H2,2H3. The molecular formula is C14H16N4S. The number of rotatable bonds is 2. The van der Waals surface area contributed by atoms with E-state index in [4.69, 9.17) is 6.42 Å². The fraction of sp³-hybridized carbons (Fsp3) is 0.429. The third-order valence-corrected chi connectivity index (χ3v) is 4.38. The Bertz CT molecular complexity index is 620. The van der Waals surface area contributed by atoms with Crippen LogP contribution in [0.1, 0.15) is 4.88 Å². The fourth-order valence-corrected chi connectivity index (χ4v) is 3.30. The van der Waals surface area contributed by atoms with Crippen molar-refractivity contribution in [1.82, 2.24) is 14.9 Å². The summed E-state index contributed by atoms with van der Waals surface area (Å²) in [7, 11) is 0. The summed E-state index contributed by atoms with van der Waals surface area (Å²) < 4.78 is 0. The highest BCUT2D eigenvalue weighted by Gasteiger charge is 2.19. The third-order valence-electron chi connectivity index (χ3n) is 3.42. The van der Waals surface area contributed by atoms with Crippen LogP contribution in [-0.2, 0) is 0 Å². The molecule has 0 atom stereocenters. The quantitative estimate of drug-likeness (QED) is 0.780. The van der Waals surface area contributed by atoms with Crippen LogP contribution in [0.3, 0.4) is 0 Å². The zero-order valence-corrected chi connectivity index (χ0v) is 11.8. The van der Waals surface area contributed by atoms with Crippen LogP contribution in [0.25, 0.3) is 10.2 Å². The van der Waals surface area contributed by atoms with Gasteiger partial charge in [-0.05, 0) is 13.0 Å². The molecular weight excluding hydrogens is 256 g/mol. The lowest BCUT2D eigenvalue weighted by Crippen LogP contribution is -2.46. The van der Waals surface area contributed by atoms with Gasteiger partial charge in [0.1, 0.15) is 17.0 Å². The molecule has 2 aromatic heterocycles. The number of hydrogen-bond donors (Lipinski definition) is 0. The number of fused-ring (bicyclic) bond motifs is 1.